The minimum atomic E-state index is -0.999. The number of rotatable bonds is 8. The lowest BCUT2D eigenvalue weighted by molar-refractivity contribution is 0.0695. The number of carboxylic acids is 1. The van der Waals surface area contributed by atoms with E-state index in [0.717, 1.165) is 22.2 Å². The number of benzene rings is 3. The van der Waals surface area contributed by atoms with Crippen molar-refractivity contribution in [2.75, 3.05) is 6.54 Å². The second-order valence-corrected chi connectivity index (χ2v) is 10.9. The Kier molecular flexibility index (Phi) is 8.04. The molecule has 3 aromatic carbocycles. The molecule has 0 unspecified atom stereocenters. The summed E-state index contributed by atoms with van der Waals surface area (Å²) >= 11 is 19.3. The summed E-state index contributed by atoms with van der Waals surface area (Å²) in [6, 6.07) is 12.0. The molecule has 0 saturated heterocycles. The summed E-state index contributed by atoms with van der Waals surface area (Å²) in [4.78, 5) is 37.4. The highest BCUT2D eigenvalue weighted by atomic mass is 35.5. The normalized spacial score (nSPS) is 12.0. The van der Waals surface area contributed by atoms with Crippen LogP contribution in [0.3, 0.4) is 0 Å². The number of nitrogens with zero attached hydrogens (tertiary/aromatic N) is 4. The van der Waals surface area contributed by atoms with E-state index in [4.69, 9.17) is 39.8 Å². The van der Waals surface area contributed by atoms with E-state index in [0.29, 0.717) is 34.3 Å². The first-order valence-electron chi connectivity index (χ1n) is 12.7. The standard InChI is InChI=1S/C29H25Cl3N6O3/c1-4-16-8-17(5-6-20(16)29(40)41)21(27-35-24-9-18(30)7-14(2)26(24)36-27)12-33-28(39)25-22(31)10-19(11-23(25)32)38-13-34-15(3)37-38/h5-11,13,21H,4,12H2,1-3H3,(H,33,39)(H,35,36)(H,40,41)/t21-/m0/s1. The van der Waals surface area contributed by atoms with Crippen molar-refractivity contribution in [3.8, 4) is 5.69 Å². The molecule has 210 valence electrons. The van der Waals surface area contributed by atoms with E-state index in [-0.39, 0.29) is 27.7 Å². The van der Waals surface area contributed by atoms with E-state index in [2.05, 4.69) is 20.4 Å². The molecule has 0 aliphatic rings. The van der Waals surface area contributed by atoms with E-state index >= 15 is 0 Å². The predicted octanol–water partition coefficient (Wildman–Crippen LogP) is 6.54. The van der Waals surface area contributed by atoms with Crippen molar-refractivity contribution < 1.29 is 14.7 Å². The Labute approximate surface area is 250 Å². The van der Waals surface area contributed by atoms with Gasteiger partial charge in [0.25, 0.3) is 5.91 Å². The van der Waals surface area contributed by atoms with Crippen LogP contribution in [-0.4, -0.2) is 48.3 Å². The lowest BCUT2D eigenvalue weighted by Gasteiger charge is -2.19. The van der Waals surface area contributed by atoms with Crippen LogP contribution >= 0.6 is 34.8 Å². The van der Waals surface area contributed by atoms with Crippen LogP contribution in [0.4, 0.5) is 0 Å². The molecule has 41 heavy (non-hydrogen) atoms. The highest BCUT2D eigenvalue weighted by Crippen LogP contribution is 2.31. The Hall–Kier alpha value is -3.92. The van der Waals surface area contributed by atoms with E-state index in [1.165, 1.54) is 11.0 Å². The first kappa shape index (κ1) is 28.6. The average Bonchev–Trinajstić information content (AvgIpc) is 3.54. The van der Waals surface area contributed by atoms with Crippen molar-refractivity contribution in [1.82, 2.24) is 30.0 Å². The number of aromatic carboxylic acids is 1. The van der Waals surface area contributed by atoms with E-state index in [1.807, 2.05) is 26.0 Å². The third kappa shape index (κ3) is 5.79. The van der Waals surface area contributed by atoms with Gasteiger partial charge in [-0.1, -0.05) is 53.9 Å². The number of carbonyl (C=O) groups excluding carboxylic acids is 1. The van der Waals surface area contributed by atoms with Crippen LogP contribution < -0.4 is 5.32 Å². The molecule has 0 aliphatic carbocycles. The summed E-state index contributed by atoms with van der Waals surface area (Å²) < 4.78 is 1.52. The number of amides is 1. The maximum Gasteiger partial charge on any atom is 0.335 e. The van der Waals surface area contributed by atoms with E-state index < -0.39 is 17.8 Å². The van der Waals surface area contributed by atoms with Gasteiger partial charge >= 0.3 is 5.97 Å². The average molecular weight is 612 g/mol. The molecule has 2 aromatic heterocycles. The van der Waals surface area contributed by atoms with Gasteiger partial charge in [-0.25, -0.2) is 19.4 Å². The third-order valence-corrected chi connectivity index (χ3v) is 7.64. The quantitative estimate of drug-likeness (QED) is 0.183. The minimum absolute atomic E-state index is 0.121. The van der Waals surface area contributed by atoms with Gasteiger partial charge in [-0.3, -0.25) is 4.79 Å². The SMILES string of the molecule is CCc1cc([C@H](CNC(=O)c2c(Cl)cc(-n3cnc(C)n3)cc2Cl)c2nc3c(C)cc(Cl)cc3[nH]2)ccc1C(=O)O. The van der Waals surface area contributed by atoms with Gasteiger partial charge in [0.2, 0.25) is 0 Å². The zero-order valence-electron chi connectivity index (χ0n) is 22.3. The van der Waals surface area contributed by atoms with E-state index in [1.54, 1.807) is 37.3 Å². The Morgan fingerprint density at radius 2 is 1.80 bits per heavy atom. The second-order valence-electron chi connectivity index (χ2n) is 9.60. The number of imidazole rings is 1. The third-order valence-electron chi connectivity index (χ3n) is 6.82. The zero-order chi connectivity index (χ0) is 29.4. The lowest BCUT2D eigenvalue weighted by Crippen LogP contribution is -2.30. The number of aryl methyl sites for hydroxylation is 3. The molecule has 0 fully saturated rings. The van der Waals surface area contributed by atoms with Gasteiger partial charge in [-0.15, -0.1) is 0 Å². The number of H-pyrrole nitrogens is 1. The summed E-state index contributed by atoms with van der Waals surface area (Å²) in [5.41, 5.74) is 4.78. The van der Waals surface area contributed by atoms with Crippen LogP contribution in [0.15, 0.2) is 48.8 Å². The van der Waals surface area contributed by atoms with Gasteiger partial charge < -0.3 is 15.4 Å². The van der Waals surface area contributed by atoms with Gasteiger partial charge in [0.05, 0.1) is 43.8 Å². The number of carboxylic acid groups (broad SMARTS) is 1. The van der Waals surface area contributed by atoms with Gasteiger partial charge in [-0.05, 0) is 67.3 Å². The summed E-state index contributed by atoms with van der Waals surface area (Å²) in [5.74, 6) is -0.756. The molecule has 1 atom stereocenters. The van der Waals surface area contributed by atoms with Crippen molar-refractivity contribution in [3.05, 3.63) is 103 Å². The molecule has 2 heterocycles. The highest BCUT2D eigenvalue weighted by molar-refractivity contribution is 6.40. The second kappa shape index (κ2) is 11.5. The van der Waals surface area contributed by atoms with E-state index in [9.17, 15) is 14.7 Å². The number of halogens is 3. The molecule has 3 N–H and O–H groups in total. The van der Waals surface area contributed by atoms with Gasteiger partial charge in [-0.2, -0.15) is 5.10 Å². The number of carbonyl (C=O) groups is 2. The fourth-order valence-electron chi connectivity index (χ4n) is 4.80. The smallest absolute Gasteiger partial charge is 0.335 e. The Balaban J connectivity index is 1.50. The Bertz CT molecular complexity index is 1790. The summed E-state index contributed by atoms with van der Waals surface area (Å²) in [6.07, 6.45) is 2.05. The van der Waals surface area contributed by atoms with Crippen LogP contribution in [0.1, 0.15) is 61.9 Å². The van der Waals surface area contributed by atoms with Crippen LogP contribution in [0, 0.1) is 13.8 Å². The summed E-state index contributed by atoms with van der Waals surface area (Å²) in [7, 11) is 0. The van der Waals surface area contributed by atoms with Gasteiger partial charge in [0.15, 0.2) is 0 Å². The van der Waals surface area contributed by atoms with Crippen molar-refractivity contribution in [2.24, 2.45) is 0 Å². The zero-order valence-corrected chi connectivity index (χ0v) is 24.6. The number of aromatic nitrogens is 5. The first-order valence-corrected chi connectivity index (χ1v) is 13.9. The molecule has 5 aromatic rings. The fraction of sp³-hybridized carbons (Fsp3) is 0.207. The Morgan fingerprint density at radius 3 is 2.44 bits per heavy atom. The maximum atomic E-state index is 13.4. The summed E-state index contributed by atoms with van der Waals surface area (Å²) in [5, 5.41) is 17.7. The fourth-order valence-corrected chi connectivity index (χ4v) is 5.72. The molecule has 1 amide bonds. The van der Waals surface area contributed by atoms with Crippen LogP contribution in [0.25, 0.3) is 16.7 Å². The molecule has 0 bridgehead atoms. The van der Waals surface area contributed by atoms with Crippen molar-refractivity contribution in [3.63, 3.8) is 0 Å². The number of fused-ring (bicyclic) bond motifs is 1. The number of hydrogen-bond acceptors (Lipinski definition) is 5. The van der Waals surface area contributed by atoms with Gasteiger partial charge in [0, 0.05) is 11.6 Å². The van der Waals surface area contributed by atoms with Crippen molar-refractivity contribution in [2.45, 2.75) is 33.1 Å². The molecule has 0 saturated carbocycles. The van der Waals surface area contributed by atoms with Crippen molar-refractivity contribution >= 4 is 57.7 Å². The largest absolute Gasteiger partial charge is 0.478 e. The lowest BCUT2D eigenvalue weighted by atomic mass is 9.93. The monoisotopic (exact) mass is 610 g/mol. The molecular formula is C29H25Cl3N6O3. The highest BCUT2D eigenvalue weighted by Gasteiger charge is 2.24. The minimum Gasteiger partial charge on any atom is -0.478 e. The summed E-state index contributed by atoms with van der Waals surface area (Å²) in [6.45, 7) is 5.69. The molecule has 5 rings (SSSR count). The van der Waals surface area contributed by atoms with Crippen LogP contribution in [0.5, 0.6) is 0 Å². The molecule has 0 radical (unpaired) electrons. The molecular weight excluding hydrogens is 587 g/mol. The van der Waals surface area contributed by atoms with Gasteiger partial charge in [0.1, 0.15) is 18.0 Å². The van der Waals surface area contributed by atoms with Crippen molar-refractivity contribution in [1.29, 1.82) is 0 Å². The number of hydrogen-bond donors (Lipinski definition) is 3. The molecule has 12 heteroatoms. The van der Waals surface area contributed by atoms with Crippen LogP contribution in [0.2, 0.25) is 15.1 Å². The Morgan fingerprint density at radius 1 is 1.07 bits per heavy atom. The first-order chi connectivity index (χ1) is 19.5. The molecule has 0 spiro atoms. The number of aromatic amines is 1. The molecule has 0 aliphatic heterocycles. The maximum absolute atomic E-state index is 13.4. The number of nitrogens with one attached hydrogen (secondary N) is 2. The topological polar surface area (TPSA) is 126 Å². The molecule has 9 nitrogen and oxygen atoms in total. The predicted molar refractivity (Wildman–Crippen MR) is 159 cm³/mol. The van der Waals surface area contributed by atoms with Crippen LogP contribution in [-0.2, 0) is 6.42 Å².